The Balaban J connectivity index is 1.93. The Morgan fingerprint density at radius 1 is 1.38 bits per heavy atom. The van der Waals surface area contributed by atoms with Crippen LogP contribution in [0.25, 0.3) is 0 Å². The second-order valence-electron chi connectivity index (χ2n) is 7.27. The first-order chi connectivity index (χ1) is 13.7. The molecule has 2 N–H and O–H groups in total. The molecule has 1 aromatic carbocycles. The molecular weight excluding hydrogens is 385 g/mol. The number of methoxy groups -OCH3 is 1. The topological polar surface area (TPSA) is 68.2 Å². The van der Waals surface area contributed by atoms with Gasteiger partial charge in [0.2, 0.25) is 0 Å². The Hall–Kier alpha value is -2.55. The van der Waals surface area contributed by atoms with Gasteiger partial charge in [-0.2, -0.15) is 18.3 Å². The molecule has 0 fully saturated rings. The van der Waals surface area contributed by atoms with Gasteiger partial charge in [-0.25, -0.2) is 4.68 Å². The summed E-state index contributed by atoms with van der Waals surface area (Å²) in [6, 6.07) is 4.79. The van der Waals surface area contributed by atoms with Gasteiger partial charge in [-0.05, 0) is 24.5 Å². The molecular formula is C20H25F3N4O2. The lowest BCUT2D eigenvalue weighted by atomic mass is 9.95. The van der Waals surface area contributed by atoms with E-state index in [0.29, 0.717) is 6.61 Å². The lowest BCUT2D eigenvalue weighted by molar-refractivity contribution is -0.173. The largest absolute Gasteiger partial charge is 0.410 e. The minimum Gasteiger partial charge on any atom is -0.383 e. The minimum absolute atomic E-state index is 0.0743. The number of alkyl halides is 3. The van der Waals surface area contributed by atoms with Crippen LogP contribution in [0.15, 0.2) is 30.5 Å². The molecule has 2 heterocycles. The molecule has 3 rings (SSSR count). The fourth-order valence-electron chi connectivity index (χ4n) is 3.53. The molecule has 2 aromatic rings. The highest BCUT2D eigenvalue weighted by Crippen LogP contribution is 2.44. The van der Waals surface area contributed by atoms with E-state index < -0.39 is 24.2 Å². The van der Waals surface area contributed by atoms with E-state index in [2.05, 4.69) is 15.7 Å². The average Bonchev–Trinajstić information content (AvgIpc) is 3.10. The van der Waals surface area contributed by atoms with Crippen LogP contribution >= 0.6 is 0 Å². The predicted octanol–water partition coefficient (Wildman–Crippen LogP) is 3.87. The molecule has 1 aliphatic rings. The average molecular weight is 410 g/mol. The first-order valence-corrected chi connectivity index (χ1v) is 9.54. The number of rotatable bonds is 6. The molecule has 1 aliphatic heterocycles. The minimum atomic E-state index is -4.48. The van der Waals surface area contributed by atoms with Crippen molar-refractivity contribution in [2.75, 3.05) is 19.0 Å². The molecule has 9 heteroatoms. The second kappa shape index (κ2) is 8.44. The first kappa shape index (κ1) is 21.2. The maximum absolute atomic E-state index is 13.7. The van der Waals surface area contributed by atoms with Gasteiger partial charge in [0.25, 0.3) is 5.91 Å². The highest BCUT2D eigenvalue weighted by molar-refractivity contribution is 5.99. The third-order valence-corrected chi connectivity index (χ3v) is 5.07. The molecule has 0 saturated carbocycles. The molecule has 1 aromatic heterocycles. The summed E-state index contributed by atoms with van der Waals surface area (Å²) in [5.74, 6) is -0.420. The van der Waals surface area contributed by atoms with Crippen molar-refractivity contribution in [2.24, 2.45) is 0 Å². The van der Waals surface area contributed by atoms with Crippen LogP contribution in [-0.4, -0.2) is 41.6 Å². The van der Waals surface area contributed by atoms with E-state index in [1.165, 1.54) is 13.3 Å². The molecule has 0 spiro atoms. The van der Waals surface area contributed by atoms with Crippen molar-refractivity contribution in [1.29, 1.82) is 0 Å². The fourth-order valence-corrected chi connectivity index (χ4v) is 3.53. The monoisotopic (exact) mass is 410 g/mol. The van der Waals surface area contributed by atoms with Gasteiger partial charge in [0, 0.05) is 19.6 Å². The lowest BCUT2D eigenvalue weighted by Crippen LogP contribution is -2.38. The maximum Gasteiger partial charge on any atom is 0.410 e. The number of carbonyl (C=O) groups is 1. The van der Waals surface area contributed by atoms with Crippen LogP contribution < -0.4 is 10.6 Å². The highest BCUT2D eigenvalue weighted by atomic mass is 19.4. The van der Waals surface area contributed by atoms with Crippen LogP contribution in [0.3, 0.4) is 0 Å². The second-order valence-corrected chi connectivity index (χ2v) is 7.27. The van der Waals surface area contributed by atoms with Crippen LogP contribution in [-0.2, 0) is 11.2 Å². The van der Waals surface area contributed by atoms with Gasteiger partial charge in [-0.1, -0.05) is 31.2 Å². The number of nitrogens with one attached hydrogen (secondary N) is 2. The number of hydrogen-bond donors (Lipinski definition) is 2. The van der Waals surface area contributed by atoms with Crippen molar-refractivity contribution in [1.82, 2.24) is 15.1 Å². The molecule has 158 valence electrons. The summed E-state index contributed by atoms with van der Waals surface area (Å²) in [5.41, 5.74) is 1.93. The van der Waals surface area contributed by atoms with E-state index in [1.807, 2.05) is 31.2 Å². The van der Waals surface area contributed by atoms with Gasteiger partial charge >= 0.3 is 6.18 Å². The van der Waals surface area contributed by atoms with Crippen molar-refractivity contribution in [3.63, 3.8) is 0 Å². The van der Waals surface area contributed by atoms with E-state index in [4.69, 9.17) is 4.74 Å². The van der Waals surface area contributed by atoms with Crippen LogP contribution in [0, 0.1) is 0 Å². The Kier molecular flexibility index (Phi) is 6.16. The Morgan fingerprint density at radius 2 is 2.07 bits per heavy atom. The molecule has 0 unspecified atom stereocenters. The van der Waals surface area contributed by atoms with Gasteiger partial charge in [0.15, 0.2) is 6.04 Å². The van der Waals surface area contributed by atoms with Crippen LogP contribution in [0.4, 0.5) is 19.0 Å². The molecule has 0 saturated heterocycles. The third kappa shape index (κ3) is 4.55. The summed E-state index contributed by atoms with van der Waals surface area (Å²) < 4.78 is 47.1. The number of hydrogen-bond acceptors (Lipinski definition) is 4. The van der Waals surface area contributed by atoms with Gasteiger partial charge in [0.05, 0.1) is 18.8 Å². The number of anilines is 1. The molecule has 6 nitrogen and oxygen atoms in total. The summed E-state index contributed by atoms with van der Waals surface area (Å²) in [5, 5.41) is 9.69. The normalized spacial score (nSPS) is 19.9. The number of amides is 1. The van der Waals surface area contributed by atoms with E-state index in [1.54, 1.807) is 6.92 Å². The number of carbonyl (C=O) groups excluding carboxylic acids is 1. The Labute approximate surface area is 167 Å². The zero-order valence-corrected chi connectivity index (χ0v) is 16.6. The molecule has 0 radical (unpaired) electrons. The van der Waals surface area contributed by atoms with E-state index in [9.17, 15) is 18.0 Å². The molecule has 1 amide bonds. The molecule has 0 bridgehead atoms. The van der Waals surface area contributed by atoms with Crippen LogP contribution in [0.1, 0.15) is 53.8 Å². The Morgan fingerprint density at radius 3 is 2.66 bits per heavy atom. The first-order valence-electron chi connectivity index (χ1n) is 9.54. The van der Waals surface area contributed by atoms with Crippen molar-refractivity contribution in [2.45, 2.75) is 51.0 Å². The summed E-state index contributed by atoms with van der Waals surface area (Å²) in [6.07, 6.45) is -2.66. The number of nitrogens with zero attached hydrogens (tertiary/aromatic N) is 2. The van der Waals surface area contributed by atoms with Crippen molar-refractivity contribution in [3.05, 3.63) is 47.2 Å². The van der Waals surface area contributed by atoms with Crippen molar-refractivity contribution in [3.8, 4) is 0 Å². The van der Waals surface area contributed by atoms with Crippen LogP contribution in [0.2, 0.25) is 0 Å². The zero-order valence-electron chi connectivity index (χ0n) is 16.6. The third-order valence-electron chi connectivity index (χ3n) is 5.07. The molecule has 0 aliphatic carbocycles. The smallest absolute Gasteiger partial charge is 0.383 e. The number of ether oxygens (including phenoxy) is 1. The summed E-state index contributed by atoms with van der Waals surface area (Å²) in [4.78, 5) is 12.6. The standard InChI is InChI=1S/C20H25F3N4O2/c1-4-13-5-7-14(8-6-13)16-9-17(20(21,22)23)27-18(26-16)15(10-24-27)19(28)25-12(2)11-29-3/h5-8,10,12,16-17,26H,4,9,11H2,1-3H3,(H,25,28)/t12-,16+,17-/m0/s1. The highest BCUT2D eigenvalue weighted by Gasteiger charge is 2.47. The van der Waals surface area contributed by atoms with Gasteiger partial charge in [0.1, 0.15) is 11.4 Å². The van der Waals surface area contributed by atoms with E-state index in [-0.39, 0.29) is 23.8 Å². The lowest BCUT2D eigenvalue weighted by Gasteiger charge is -2.34. The number of aryl methyl sites for hydroxylation is 1. The summed E-state index contributed by atoms with van der Waals surface area (Å²) in [6.45, 7) is 4.06. The maximum atomic E-state index is 13.7. The fraction of sp³-hybridized carbons (Fsp3) is 0.500. The SMILES string of the molecule is CCc1ccc([C@H]2C[C@@H](C(F)(F)F)n3ncc(C(=O)N[C@@H](C)COC)c3N2)cc1. The van der Waals surface area contributed by atoms with Crippen molar-refractivity contribution < 1.29 is 22.7 Å². The number of aromatic nitrogens is 2. The number of halogens is 3. The number of fused-ring (bicyclic) bond motifs is 1. The van der Waals surface area contributed by atoms with E-state index >= 15 is 0 Å². The quantitative estimate of drug-likeness (QED) is 0.759. The van der Waals surface area contributed by atoms with Gasteiger partial charge in [-0.3, -0.25) is 4.79 Å². The van der Waals surface area contributed by atoms with Gasteiger partial charge in [-0.15, -0.1) is 0 Å². The van der Waals surface area contributed by atoms with E-state index in [0.717, 1.165) is 22.2 Å². The summed E-state index contributed by atoms with van der Waals surface area (Å²) in [7, 11) is 1.51. The number of benzene rings is 1. The molecule has 3 atom stereocenters. The summed E-state index contributed by atoms with van der Waals surface area (Å²) >= 11 is 0. The van der Waals surface area contributed by atoms with Crippen LogP contribution in [0.5, 0.6) is 0 Å². The zero-order chi connectivity index (χ0) is 21.2. The van der Waals surface area contributed by atoms with Gasteiger partial charge < -0.3 is 15.4 Å². The predicted molar refractivity (Wildman–Crippen MR) is 103 cm³/mol. The van der Waals surface area contributed by atoms with Crippen molar-refractivity contribution >= 4 is 11.7 Å². The Bertz CT molecular complexity index is 848. The molecule has 29 heavy (non-hydrogen) atoms.